The molecule has 0 unspecified atom stereocenters. The molecular formula is C10H13ClN2O4. The Morgan fingerprint density at radius 3 is 2.29 bits per heavy atom. The topological polar surface area (TPSA) is 110 Å². The maximum atomic E-state index is 10.9. The van der Waals surface area contributed by atoms with Crippen LogP contribution in [0.15, 0.2) is 6.07 Å². The SMILES string of the molecule is Nc1c(Cl)c(CCO)cc(CCO)c1[N+](=O)[O-]. The highest BCUT2D eigenvalue weighted by atomic mass is 35.5. The summed E-state index contributed by atoms with van der Waals surface area (Å²) in [5, 5.41) is 28.7. The van der Waals surface area contributed by atoms with E-state index in [1.165, 1.54) is 6.07 Å². The van der Waals surface area contributed by atoms with Crippen molar-refractivity contribution < 1.29 is 15.1 Å². The van der Waals surface area contributed by atoms with Gasteiger partial charge in [0.1, 0.15) is 5.69 Å². The fourth-order valence-electron chi connectivity index (χ4n) is 1.62. The van der Waals surface area contributed by atoms with Gasteiger partial charge in [-0.2, -0.15) is 0 Å². The zero-order valence-electron chi connectivity index (χ0n) is 9.02. The van der Waals surface area contributed by atoms with Crippen molar-refractivity contribution in [3.8, 4) is 0 Å². The number of halogens is 1. The van der Waals surface area contributed by atoms with Gasteiger partial charge in [0.25, 0.3) is 5.69 Å². The second-order valence-corrected chi connectivity index (χ2v) is 3.85. The average molecular weight is 261 g/mol. The van der Waals surface area contributed by atoms with Gasteiger partial charge in [-0.3, -0.25) is 10.1 Å². The molecule has 4 N–H and O–H groups in total. The van der Waals surface area contributed by atoms with Crippen LogP contribution in [0.2, 0.25) is 5.02 Å². The second kappa shape index (κ2) is 5.81. The van der Waals surface area contributed by atoms with Crippen molar-refractivity contribution in [3.63, 3.8) is 0 Å². The monoisotopic (exact) mass is 260 g/mol. The van der Waals surface area contributed by atoms with Crippen molar-refractivity contribution in [2.45, 2.75) is 12.8 Å². The lowest BCUT2D eigenvalue weighted by molar-refractivity contribution is -0.384. The number of aliphatic hydroxyl groups is 2. The molecule has 0 spiro atoms. The van der Waals surface area contributed by atoms with Gasteiger partial charge < -0.3 is 15.9 Å². The quantitative estimate of drug-likeness (QED) is 0.414. The van der Waals surface area contributed by atoms with Gasteiger partial charge in [0.05, 0.1) is 9.95 Å². The summed E-state index contributed by atoms with van der Waals surface area (Å²) in [5.74, 6) is 0. The number of benzene rings is 1. The van der Waals surface area contributed by atoms with E-state index < -0.39 is 4.92 Å². The highest BCUT2D eigenvalue weighted by Crippen LogP contribution is 2.36. The largest absolute Gasteiger partial charge is 0.396 e. The van der Waals surface area contributed by atoms with Crippen LogP contribution in [-0.2, 0) is 12.8 Å². The van der Waals surface area contributed by atoms with E-state index in [2.05, 4.69) is 0 Å². The van der Waals surface area contributed by atoms with Crippen LogP contribution in [0, 0.1) is 10.1 Å². The van der Waals surface area contributed by atoms with Crippen LogP contribution in [0.25, 0.3) is 0 Å². The molecule has 0 aliphatic carbocycles. The highest BCUT2D eigenvalue weighted by Gasteiger charge is 2.22. The normalized spacial score (nSPS) is 10.5. The van der Waals surface area contributed by atoms with E-state index >= 15 is 0 Å². The zero-order chi connectivity index (χ0) is 13.0. The van der Waals surface area contributed by atoms with Gasteiger partial charge in [0.15, 0.2) is 0 Å². The van der Waals surface area contributed by atoms with E-state index in [4.69, 9.17) is 27.5 Å². The molecule has 0 atom stereocenters. The summed E-state index contributed by atoms with van der Waals surface area (Å²) in [5.41, 5.74) is 6.08. The van der Waals surface area contributed by atoms with Crippen molar-refractivity contribution in [2.24, 2.45) is 0 Å². The number of nitro benzene ring substituents is 1. The number of hydrogen-bond acceptors (Lipinski definition) is 5. The Morgan fingerprint density at radius 2 is 1.82 bits per heavy atom. The Labute approximate surface area is 103 Å². The molecule has 0 amide bonds. The van der Waals surface area contributed by atoms with Crippen molar-refractivity contribution in [1.29, 1.82) is 0 Å². The molecular weight excluding hydrogens is 248 g/mol. The predicted molar refractivity (Wildman–Crippen MR) is 64.1 cm³/mol. The first kappa shape index (κ1) is 13.7. The van der Waals surface area contributed by atoms with Gasteiger partial charge >= 0.3 is 0 Å². The standard InChI is InChI=1S/C10H13ClN2O4/c11-8-6(1-3-14)5-7(2-4-15)10(9(8)12)13(16)17/h5,14-15H,1-4,12H2. The Bertz CT molecular complexity index is 437. The summed E-state index contributed by atoms with van der Waals surface area (Å²) in [4.78, 5) is 10.3. The van der Waals surface area contributed by atoms with E-state index in [9.17, 15) is 10.1 Å². The molecule has 1 rings (SSSR count). The first-order valence-corrected chi connectivity index (χ1v) is 5.36. The Balaban J connectivity index is 3.39. The van der Waals surface area contributed by atoms with Crippen LogP contribution < -0.4 is 5.73 Å². The van der Waals surface area contributed by atoms with Crippen LogP contribution in [-0.4, -0.2) is 28.4 Å². The van der Waals surface area contributed by atoms with Gasteiger partial charge in [-0.1, -0.05) is 11.6 Å². The first-order chi connectivity index (χ1) is 8.02. The minimum Gasteiger partial charge on any atom is -0.396 e. The van der Waals surface area contributed by atoms with E-state index in [-0.39, 0.29) is 42.5 Å². The Morgan fingerprint density at radius 1 is 1.29 bits per heavy atom. The van der Waals surface area contributed by atoms with Crippen LogP contribution in [0.4, 0.5) is 11.4 Å². The number of nitro groups is 1. The number of nitrogen functional groups attached to an aromatic ring is 1. The Hall–Kier alpha value is -1.37. The minimum atomic E-state index is -0.616. The molecule has 0 saturated heterocycles. The summed E-state index contributed by atoms with van der Waals surface area (Å²) in [7, 11) is 0. The minimum absolute atomic E-state index is 0.0902. The molecule has 0 saturated carbocycles. The molecule has 0 heterocycles. The number of nitrogens with zero attached hydrogens (tertiary/aromatic N) is 1. The molecule has 7 heteroatoms. The molecule has 0 bridgehead atoms. The van der Waals surface area contributed by atoms with Gasteiger partial charge in [0.2, 0.25) is 0 Å². The summed E-state index contributed by atoms with van der Waals surface area (Å²) >= 11 is 5.89. The van der Waals surface area contributed by atoms with Crippen molar-refractivity contribution >= 4 is 23.0 Å². The van der Waals surface area contributed by atoms with Crippen molar-refractivity contribution in [2.75, 3.05) is 18.9 Å². The molecule has 94 valence electrons. The maximum Gasteiger partial charge on any atom is 0.296 e. The van der Waals surface area contributed by atoms with Gasteiger partial charge in [-0.25, -0.2) is 0 Å². The summed E-state index contributed by atoms with van der Waals surface area (Å²) in [6.45, 7) is -0.351. The molecule has 0 radical (unpaired) electrons. The van der Waals surface area contributed by atoms with Crippen molar-refractivity contribution in [1.82, 2.24) is 0 Å². The number of aliphatic hydroxyl groups excluding tert-OH is 2. The van der Waals surface area contributed by atoms with E-state index in [1.54, 1.807) is 0 Å². The summed E-state index contributed by atoms with van der Waals surface area (Å²) in [6.07, 6.45) is 0.384. The van der Waals surface area contributed by atoms with Crippen LogP contribution >= 0.6 is 11.6 Å². The lowest BCUT2D eigenvalue weighted by atomic mass is 10.0. The van der Waals surface area contributed by atoms with Gasteiger partial charge in [-0.05, 0) is 18.1 Å². The maximum absolute atomic E-state index is 10.9. The molecule has 0 aliphatic heterocycles. The summed E-state index contributed by atoms with van der Waals surface area (Å²) < 4.78 is 0. The number of nitrogens with two attached hydrogens (primary N) is 1. The molecule has 1 aromatic rings. The van der Waals surface area contributed by atoms with E-state index in [1.807, 2.05) is 0 Å². The molecule has 0 aliphatic rings. The molecule has 17 heavy (non-hydrogen) atoms. The lowest BCUT2D eigenvalue weighted by Crippen LogP contribution is -2.06. The van der Waals surface area contributed by atoms with Crippen LogP contribution in [0.5, 0.6) is 0 Å². The predicted octanol–water partition coefficient (Wildman–Crippen LogP) is 0.900. The smallest absolute Gasteiger partial charge is 0.296 e. The highest BCUT2D eigenvalue weighted by molar-refractivity contribution is 6.34. The van der Waals surface area contributed by atoms with Crippen LogP contribution in [0.3, 0.4) is 0 Å². The fraction of sp³-hybridized carbons (Fsp3) is 0.400. The third-order valence-corrected chi connectivity index (χ3v) is 2.82. The molecule has 0 fully saturated rings. The number of hydrogen-bond donors (Lipinski definition) is 3. The van der Waals surface area contributed by atoms with Crippen LogP contribution in [0.1, 0.15) is 11.1 Å². The molecule has 6 nitrogen and oxygen atoms in total. The van der Waals surface area contributed by atoms with E-state index in [0.29, 0.717) is 11.1 Å². The van der Waals surface area contributed by atoms with E-state index in [0.717, 1.165) is 0 Å². The molecule has 0 aromatic heterocycles. The summed E-state index contributed by atoms with van der Waals surface area (Å²) in [6, 6.07) is 1.50. The lowest BCUT2D eigenvalue weighted by Gasteiger charge is -2.10. The molecule has 1 aromatic carbocycles. The number of anilines is 1. The number of rotatable bonds is 5. The first-order valence-electron chi connectivity index (χ1n) is 4.98. The zero-order valence-corrected chi connectivity index (χ0v) is 9.78. The van der Waals surface area contributed by atoms with Gasteiger partial charge in [-0.15, -0.1) is 0 Å². The fourth-order valence-corrected chi connectivity index (χ4v) is 1.86. The second-order valence-electron chi connectivity index (χ2n) is 3.48. The third kappa shape index (κ3) is 2.85. The van der Waals surface area contributed by atoms with Gasteiger partial charge in [0, 0.05) is 25.2 Å². The average Bonchev–Trinajstić information content (AvgIpc) is 2.25. The van der Waals surface area contributed by atoms with Crippen molar-refractivity contribution in [3.05, 3.63) is 32.3 Å². The third-order valence-electron chi connectivity index (χ3n) is 2.37. The Kier molecular flexibility index (Phi) is 4.68.